The molecule has 0 aliphatic heterocycles. The summed E-state index contributed by atoms with van der Waals surface area (Å²) in [5, 5.41) is 8.63. The molecule has 0 saturated carbocycles. The molecule has 0 spiro atoms. The average Bonchev–Trinajstić information content (AvgIpc) is 2.35. The third-order valence-corrected chi connectivity index (χ3v) is 3.87. The first kappa shape index (κ1) is 17.0. The van der Waals surface area contributed by atoms with Crippen LogP contribution in [0.4, 0.5) is 5.95 Å². The van der Waals surface area contributed by atoms with E-state index in [1.54, 1.807) is 0 Å². The molecule has 9 nitrogen and oxygen atoms in total. The van der Waals surface area contributed by atoms with Gasteiger partial charge in [-0.05, 0) is 5.92 Å². The van der Waals surface area contributed by atoms with E-state index in [9.17, 15) is 13.2 Å². The lowest BCUT2D eigenvalue weighted by Gasteiger charge is -2.11. The van der Waals surface area contributed by atoms with E-state index in [1.807, 2.05) is 0 Å². The van der Waals surface area contributed by atoms with Crippen LogP contribution in [0.5, 0.6) is 11.8 Å². The SMILES string of the molecule is COc1cc(OC)nc(NS(=O)(=O)CC(C)CC(=O)O)n1. The maximum Gasteiger partial charge on any atom is 0.303 e. The number of nitrogens with zero attached hydrogens (tertiary/aromatic N) is 2. The fourth-order valence-electron chi connectivity index (χ4n) is 1.57. The second-order valence-corrected chi connectivity index (χ2v) is 6.13. The highest BCUT2D eigenvalue weighted by Gasteiger charge is 2.20. The number of carboxylic acids is 1. The summed E-state index contributed by atoms with van der Waals surface area (Å²) < 4.78 is 35.8. The first-order valence-corrected chi connectivity index (χ1v) is 7.60. The highest BCUT2D eigenvalue weighted by atomic mass is 32.2. The van der Waals surface area contributed by atoms with E-state index >= 15 is 0 Å². The van der Waals surface area contributed by atoms with Gasteiger partial charge in [-0.15, -0.1) is 0 Å². The maximum atomic E-state index is 11.9. The molecule has 0 aliphatic carbocycles. The predicted octanol–water partition coefficient (Wildman–Crippen LogP) is 0.346. The van der Waals surface area contributed by atoms with Crippen molar-refractivity contribution < 1.29 is 27.8 Å². The molecule has 1 rings (SSSR count). The molecule has 0 bridgehead atoms. The zero-order valence-electron chi connectivity index (χ0n) is 11.9. The summed E-state index contributed by atoms with van der Waals surface area (Å²) in [5.74, 6) is -1.89. The van der Waals surface area contributed by atoms with Crippen LogP contribution in [-0.2, 0) is 14.8 Å². The number of aromatic nitrogens is 2. The zero-order valence-corrected chi connectivity index (χ0v) is 12.7. The number of methoxy groups -OCH3 is 2. The Kier molecular flexibility index (Phi) is 5.70. The Bertz CT molecular complexity index is 582. The van der Waals surface area contributed by atoms with Gasteiger partial charge in [0.05, 0.1) is 26.0 Å². The van der Waals surface area contributed by atoms with E-state index in [0.29, 0.717) is 0 Å². The van der Waals surface area contributed by atoms with Crippen LogP contribution >= 0.6 is 0 Å². The summed E-state index contributed by atoms with van der Waals surface area (Å²) in [5.41, 5.74) is 0. The second kappa shape index (κ2) is 7.07. The molecule has 118 valence electrons. The van der Waals surface area contributed by atoms with Crippen molar-refractivity contribution in [2.24, 2.45) is 5.92 Å². The number of hydrogen-bond donors (Lipinski definition) is 2. The van der Waals surface area contributed by atoms with Gasteiger partial charge in [0.2, 0.25) is 27.7 Å². The van der Waals surface area contributed by atoms with Gasteiger partial charge in [-0.3, -0.25) is 9.52 Å². The van der Waals surface area contributed by atoms with Crippen LogP contribution in [0.3, 0.4) is 0 Å². The van der Waals surface area contributed by atoms with Gasteiger partial charge >= 0.3 is 5.97 Å². The van der Waals surface area contributed by atoms with E-state index in [-0.39, 0.29) is 29.9 Å². The van der Waals surface area contributed by atoms with Crippen molar-refractivity contribution in [2.75, 3.05) is 24.7 Å². The van der Waals surface area contributed by atoms with Gasteiger partial charge in [-0.2, -0.15) is 9.97 Å². The zero-order chi connectivity index (χ0) is 16.0. The van der Waals surface area contributed by atoms with Crippen molar-refractivity contribution in [3.05, 3.63) is 6.07 Å². The van der Waals surface area contributed by atoms with Crippen LogP contribution in [0.2, 0.25) is 0 Å². The minimum atomic E-state index is -3.78. The molecule has 0 amide bonds. The smallest absolute Gasteiger partial charge is 0.303 e. The molecule has 0 radical (unpaired) electrons. The lowest BCUT2D eigenvalue weighted by atomic mass is 10.1. The average molecular weight is 319 g/mol. The predicted molar refractivity (Wildman–Crippen MR) is 74.0 cm³/mol. The first-order valence-electron chi connectivity index (χ1n) is 5.95. The van der Waals surface area contributed by atoms with E-state index in [1.165, 1.54) is 27.2 Å². The molecular weight excluding hydrogens is 302 g/mol. The molecule has 21 heavy (non-hydrogen) atoms. The van der Waals surface area contributed by atoms with E-state index in [2.05, 4.69) is 14.7 Å². The van der Waals surface area contributed by atoms with Gasteiger partial charge in [0.25, 0.3) is 0 Å². The third kappa shape index (κ3) is 5.81. The van der Waals surface area contributed by atoms with Gasteiger partial charge in [0.15, 0.2) is 0 Å². The molecule has 2 N–H and O–H groups in total. The Morgan fingerprint density at radius 3 is 2.29 bits per heavy atom. The number of ether oxygens (including phenoxy) is 2. The maximum absolute atomic E-state index is 11.9. The van der Waals surface area contributed by atoms with Crippen LogP contribution in [0, 0.1) is 5.92 Å². The van der Waals surface area contributed by atoms with E-state index in [0.717, 1.165) is 0 Å². The Hall–Kier alpha value is -2.10. The summed E-state index contributed by atoms with van der Waals surface area (Å²) in [6.45, 7) is 1.53. The highest BCUT2D eigenvalue weighted by Crippen LogP contribution is 2.18. The largest absolute Gasteiger partial charge is 0.481 e. The number of anilines is 1. The highest BCUT2D eigenvalue weighted by molar-refractivity contribution is 7.92. The summed E-state index contributed by atoms with van der Waals surface area (Å²) in [6.07, 6.45) is -0.247. The van der Waals surface area contributed by atoms with Crippen molar-refractivity contribution in [1.29, 1.82) is 0 Å². The molecule has 0 saturated heterocycles. The van der Waals surface area contributed by atoms with Gasteiger partial charge in [0.1, 0.15) is 0 Å². The molecule has 1 aromatic rings. The monoisotopic (exact) mass is 319 g/mol. The van der Waals surface area contributed by atoms with Crippen molar-refractivity contribution in [2.45, 2.75) is 13.3 Å². The van der Waals surface area contributed by atoms with Crippen molar-refractivity contribution in [3.63, 3.8) is 0 Å². The Balaban J connectivity index is 2.86. The number of carbonyl (C=O) groups is 1. The summed E-state index contributed by atoms with van der Waals surface area (Å²) in [7, 11) is -1.04. The Morgan fingerprint density at radius 1 is 1.33 bits per heavy atom. The summed E-state index contributed by atoms with van der Waals surface area (Å²) >= 11 is 0. The Morgan fingerprint density at radius 2 is 1.86 bits per heavy atom. The molecule has 1 unspecified atom stereocenters. The number of rotatable bonds is 8. The van der Waals surface area contributed by atoms with Gasteiger partial charge in [-0.25, -0.2) is 8.42 Å². The summed E-state index contributed by atoms with van der Waals surface area (Å²) in [4.78, 5) is 18.2. The number of aliphatic carboxylic acids is 1. The van der Waals surface area contributed by atoms with Crippen LogP contribution < -0.4 is 14.2 Å². The number of carboxylic acid groups (broad SMARTS) is 1. The number of hydrogen-bond acceptors (Lipinski definition) is 7. The fourth-order valence-corrected chi connectivity index (χ4v) is 2.89. The lowest BCUT2D eigenvalue weighted by molar-refractivity contribution is -0.137. The van der Waals surface area contributed by atoms with Crippen LogP contribution in [0.1, 0.15) is 13.3 Å². The topological polar surface area (TPSA) is 128 Å². The standard InChI is InChI=1S/C11H17N3O6S/c1-7(4-10(15)16)6-21(17,18)14-11-12-8(19-2)5-9(13-11)20-3/h5,7H,4,6H2,1-3H3,(H,15,16)(H,12,13,14). The molecule has 0 aromatic carbocycles. The normalized spacial score (nSPS) is 12.5. The fraction of sp³-hybridized carbons (Fsp3) is 0.545. The minimum absolute atomic E-state index is 0.137. The Labute approximate surface area is 122 Å². The van der Waals surface area contributed by atoms with Crippen LogP contribution in [0.15, 0.2) is 6.07 Å². The van der Waals surface area contributed by atoms with Gasteiger partial charge in [0, 0.05) is 6.42 Å². The van der Waals surface area contributed by atoms with Gasteiger partial charge in [-0.1, -0.05) is 6.92 Å². The minimum Gasteiger partial charge on any atom is -0.481 e. The molecular formula is C11H17N3O6S. The second-order valence-electron chi connectivity index (χ2n) is 4.36. The molecule has 10 heteroatoms. The number of sulfonamides is 1. The van der Waals surface area contributed by atoms with Crippen molar-refractivity contribution in [3.8, 4) is 11.8 Å². The molecule has 1 aromatic heterocycles. The molecule has 0 aliphatic rings. The van der Waals surface area contributed by atoms with E-state index < -0.39 is 21.9 Å². The molecule has 1 heterocycles. The summed E-state index contributed by atoms with van der Waals surface area (Å²) in [6, 6.07) is 1.39. The molecule has 1 atom stereocenters. The number of nitrogens with one attached hydrogen (secondary N) is 1. The molecule has 0 fully saturated rings. The third-order valence-electron chi connectivity index (χ3n) is 2.37. The van der Waals surface area contributed by atoms with Crippen molar-refractivity contribution >= 4 is 21.9 Å². The van der Waals surface area contributed by atoms with Crippen LogP contribution in [0.25, 0.3) is 0 Å². The lowest BCUT2D eigenvalue weighted by Crippen LogP contribution is -2.24. The first-order chi connectivity index (χ1) is 9.75. The quantitative estimate of drug-likeness (QED) is 0.702. The van der Waals surface area contributed by atoms with Crippen LogP contribution in [-0.4, -0.2) is 49.4 Å². The van der Waals surface area contributed by atoms with Gasteiger partial charge < -0.3 is 14.6 Å². The van der Waals surface area contributed by atoms with E-state index in [4.69, 9.17) is 14.6 Å². The van der Waals surface area contributed by atoms with Crippen molar-refractivity contribution in [1.82, 2.24) is 9.97 Å².